The molecule has 23 heavy (non-hydrogen) atoms. The first kappa shape index (κ1) is 13.5. The van der Waals surface area contributed by atoms with E-state index in [4.69, 9.17) is 4.74 Å². The minimum absolute atomic E-state index is 0.0278. The molecule has 0 fully saturated rings. The molecule has 0 saturated carbocycles. The van der Waals surface area contributed by atoms with Gasteiger partial charge in [0.1, 0.15) is 5.75 Å². The lowest BCUT2D eigenvalue weighted by Gasteiger charge is -2.06. The lowest BCUT2D eigenvalue weighted by Crippen LogP contribution is -2.03. The van der Waals surface area contributed by atoms with Gasteiger partial charge in [0.15, 0.2) is 0 Å². The van der Waals surface area contributed by atoms with Gasteiger partial charge in [-0.05, 0) is 29.3 Å². The first-order valence-corrected chi connectivity index (χ1v) is 7.26. The van der Waals surface area contributed by atoms with Gasteiger partial charge in [-0.3, -0.25) is 4.79 Å². The zero-order valence-corrected chi connectivity index (χ0v) is 12.2. The zero-order chi connectivity index (χ0) is 15.6. The number of nitrogens with one attached hydrogen (secondary N) is 1. The van der Waals surface area contributed by atoms with E-state index in [1.165, 1.54) is 0 Å². The summed E-state index contributed by atoms with van der Waals surface area (Å²) in [6.07, 6.45) is 3.86. The molecule has 1 amide bonds. The standard InChI is InChI=1S/C18H13N3O2/c22-17-9-13-7-6-12(8-16(13)21-17)14-10-19-18(20-11-14)23-15-4-2-1-3-5-15/h1-8,10-11H,9H2,(H,21,22). The number of nitrogens with zero attached hydrogens (tertiary/aromatic N) is 2. The van der Waals surface area contributed by atoms with Crippen LogP contribution in [0.3, 0.4) is 0 Å². The van der Waals surface area contributed by atoms with E-state index in [0.29, 0.717) is 18.2 Å². The molecule has 0 radical (unpaired) electrons. The number of ether oxygens (including phenoxy) is 1. The molecular formula is C18H13N3O2. The van der Waals surface area contributed by atoms with E-state index in [1.807, 2.05) is 48.5 Å². The summed E-state index contributed by atoms with van der Waals surface area (Å²) in [5, 5.41) is 2.85. The largest absolute Gasteiger partial charge is 0.424 e. The molecule has 0 spiro atoms. The van der Waals surface area contributed by atoms with Crippen LogP contribution in [0.15, 0.2) is 60.9 Å². The summed E-state index contributed by atoms with van der Waals surface area (Å²) in [6, 6.07) is 15.6. The van der Waals surface area contributed by atoms with Crippen LogP contribution in [0.4, 0.5) is 5.69 Å². The maximum atomic E-state index is 11.4. The molecule has 1 N–H and O–H groups in total. The van der Waals surface area contributed by atoms with Crippen LogP contribution in [0.2, 0.25) is 0 Å². The summed E-state index contributed by atoms with van der Waals surface area (Å²) >= 11 is 0. The van der Waals surface area contributed by atoms with Crippen LogP contribution in [-0.4, -0.2) is 15.9 Å². The van der Waals surface area contributed by atoms with E-state index in [-0.39, 0.29) is 5.91 Å². The number of fused-ring (bicyclic) bond motifs is 1. The normalized spacial score (nSPS) is 12.6. The first-order chi connectivity index (χ1) is 11.3. The highest BCUT2D eigenvalue weighted by atomic mass is 16.5. The molecular weight excluding hydrogens is 290 g/mol. The van der Waals surface area contributed by atoms with Crippen LogP contribution in [0, 0.1) is 0 Å². The molecule has 112 valence electrons. The van der Waals surface area contributed by atoms with Crippen molar-refractivity contribution >= 4 is 11.6 Å². The fourth-order valence-corrected chi connectivity index (χ4v) is 2.51. The topological polar surface area (TPSA) is 64.1 Å². The summed E-state index contributed by atoms with van der Waals surface area (Å²) in [5.74, 6) is 0.723. The molecule has 1 aliphatic heterocycles. The van der Waals surface area contributed by atoms with Crippen molar-refractivity contribution in [2.75, 3.05) is 5.32 Å². The number of anilines is 1. The molecule has 0 aliphatic carbocycles. The predicted octanol–water partition coefficient (Wildman–Crippen LogP) is 3.43. The van der Waals surface area contributed by atoms with Crippen molar-refractivity contribution in [3.05, 3.63) is 66.5 Å². The number of hydrogen-bond acceptors (Lipinski definition) is 4. The number of hydrogen-bond donors (Lipinski definition) is 1. The first-order valence-electron chi connectivity index (χ1n) is 7.26. The third-order valence-corrected chi connectivity index (χ3v) is 3.65. The van der Waals surface area contributed by atoms with Gasteiger partial charge in [-0.2, -0.15) is 0 Å². The van der Waals surface area contributed by atoms with Crippen LogP contribution in [0.25, 0.3) is 11.1 Å². The quantitative estimate of drug-likeness (QED) is 0.805. The Balaban J connectivity index is 1.57. The van der Waals surface area contributed by atoms with Crippen LogP contribution in [0.5, 0.6) is 11.8 Å². The molecule has 2 heterocycles. The number of carbonyl (C=O) groups is 1. The fourth-order valence-electron chi connectivity index (χ4n) is 2.51. The third kappa shape index (κ3) is 2.76. The highest BCUT2D eigenvalue weighted by Gasteiger charge is 2.17. The van der Waals surface area contributed by atoms with E-state index in [0.717, 1.165) is 22.4 Å². The van der Waals surface area contributed by atoms with E-state index >= 15 is 0 Å². The van der Waals surface area contributed by atoms with Crippen molar-refractivity contribution in [3.63, 3.8) is 0 Å². The van der Waals surface area contributed by atoms with Crippen molar-refractivity contribution in [3.8, 4) is 22.9 Å². The molecule has 3 aromatic rings. The summed E-state index contributed by atoms with van der Waals surface area (Å²) < 4.78 is 5.58. The number of aromatic nitrogens is 2. The van der Waals surface area contributed by atoms with Gasteiger partial charge >= 0.3 is 6.01 Å². The van der Waals surface area contributed by atoms with Crippen LogP contribution in [-0.2, 0) is 11.2 Å². The number of carbonyl (C=O) groups excluding carboxylic acids is 1. The zero-order valence-electron chi connectivity index (χ0n) is 12.2. The third-order valence-electron chi connectivity index (χ3n) is 3.65. The SMILES string of the molecule is O=C1Cc2ccc(-c3cnc(Oc4ccccc4)nc3)cc2N1. The molecule has 2 aromatic carbocycles. The van der Waals surface area contributed by atoms with Crippen LogP contribution in [0.1, 0.15) is 5.56 Å². The van der Waals surface area contributed by atoms with Crippen molar-refractivity contribution in [1.82, 2.24) is 9.97 Å². The van der Waals surface area contributed by atoms with E-state index < -0.39 is 0 Å². The molecule has 5 heteroatoms. The molecule has 1 aliphatic rings. The molecule has 4 rings (SSSR count). The van der Waals surface area contributed by atoms with Crippen molar-refractivity contribution < 1.29 is 9.53 Å². The fraction of sp³-hybridized carbons (Fsp3) is 0.0556. The van der Waals surface area contributed by atoms with Crippen LogP contribution >= 0.6 is 0 Å². The average molecular weight is 303 g/mol. The molecule has 0 atom stereocenters. The summed E-state index contributed by atoms with van der Waals surface area (Å²) in [7, 11) is 0. The van der Waals surface area contributed by atoms with Gasteiger partial charge in [0.25, 0.3) is 0 Å². The molecule has 5 nitrogen and oxygen atoms in total. The number of para-hydroxylation sites is 1. The Hall–Kier alpha value is -3.21. The lowest BCUT2D eigenvalue weighted by molar-refractivity contribution is -0.115. The Kier molecular flexibility index (Phi) is 3.24. The van der Waals surface area contributed by atoms with Gasteiger partial charge in [-0.15, -0.1) is 0 Å². The summed E-state index contributed by atoms with van der Waals surface area (Å²) in [5.41, 5.74) is 3.70. The lowest BCUT2D eigenvalue weighted by atomic mass is 10.1. The maximum Gasteiger partial charge on any atom is 0.321 e. The second-order valence-electron chi connectivity index (χ2n) is 5.27. The minimum atomic E-state index is 0.0278. The monoisotopic (exact) mass is 303 g/mol. The van der Waals surface area contributed by atoms with Crippen LogP contribution < -0.4 is 10.1 Å². The van der Waals surface area contributed by atoms with E-state index in [9.17, 15) is 4.79 Å². The van der Waals surface area contributed by atoms with Crippen molar-refractivity contribution in [1.29, 1.82) is 0 Å². The van der Waals surface area contributed by atoms with Gasteiger partial charge in [0, 0.05) is 23.6 Å². The van der Waals surface area contributed by atoms with Crippen molar-refractivity contribution in [2.45, 2.75) is 6.42 Å². The Morgan fingerprint density at radius 3 is 2.52 bits per heavy atom. The number of rotatable bonds is 3. The summed E-state index contributed by atoms with van der Waals surface area (Å²) in [4.78, 5) is 19.9. The van der Waals surface area contributed by atoms with Gasteiger partial charge in [-0.25, -0.2) is 9.97 Å². The molecule has 0 saturated heterocycles. The van der Waals surface area contributed by atoms with Gasteiger partial charge in [-0.1, -0.05) is 30.3 Å². The Morgan fingerprint density at radius 2 is 1.74 bits per heavy atom. The van der Waals surface area contributed by atoms with Gasteiger partial charge in [0.2, 0.25) is 5.91 Å². The Bertz CT molecular complexity index is 861. The average Bonchev–Trinajstić information content (AvgIpc) is 2.95. The highest BCUT2D eigenvalue weighted by Crippen LogP contribution is 2.29. The number of benzene rings is 2. The van der Waals surface area contributed by atoms with Gasteiger partial charge in [0.05, 0.1) is 6.42 Å². The predicted molar refractivity (Wildman–Crippen MR) is 86.3 cm³/mol. The minimum Gasteiger partial charge on any atom is -0.424 e. The second-order valence-corrected chi connectivity index (χ2v) is 5.27. The Labute approximate surface area is 133 Å². The number of amides is 1. The Morgan fingerprint density at radius 1 is 0.957 bits per heavy atom. The van der Waals surface area contributed by atoms with Crippen molar-refractivity contribution in [2.24, 2.45) is 0 Å². The van der Waals surface area contributed by atoms with E-state index in [2.05, 4.69) is 15.3 Å². The van der Waals surface area contributed by atoms with E-state index in [1.54, 1.807) is 12.4 Å². The smallest absolute Gasteiger partial charge is 0.321 e. The van der Waals surface area contributed by atoms with Gasteiger partial charge < -0.3 is 10.1 Å². The molecule has 1 aromatic heterocycles. The summed E-state index contributed by atoms with van der Waals surface area (Å²) in [6.45, 7) is 0. The highest BCUT2D eigenvalue weighted by molar-refractivity contribution is 5.99. The molecule has 0 bridgehead atoms. The molecule has 0 unspecified atom stereocenters. The maximum absolute atomic E-state index is 11.4. The second kappa shape index (κ2) is 5.53.